The number of halogens is 3. The van der Waals surface area contributed by atoms with E-state index in [9.17, 15) is 22.0 Å². The molecule has 0 aromatic heterocycles. The smallest absolute Gasteiger partial charge is 0.341 e. The number of hydrogen-bond acceptors (Lipinski definition) is 5. The first-order chi connectivity index (χ1) is 14.2. The second-order valence-electron chi connectivity index (χ2n) is 6.87. The van der Waals surface area contributed by atoms with E-state index in [1.807, 2.05) is 6.07 Å². The van der Waals surface area contributed by atoms with Gasteiger partial charge in [-0.3, -0.25) is 4.79 Å². The van der Waals surface area contributed by atoms with Crippen LogP contribution in [0, 0.1) is 0 Å². The molecule has 1 amide bonds. The molecule has 2 aromatic rings. The second-order valence-corrected chi connectivity index (χ2v) is 9.22. The van der Waals surface area contributed by atoms with Gasteiger partial charge < -0.3 is 15.1 Å². The number of rotatable bonds is 6. The molecular weight excluding hydrogens is 436 g/mol. The summed E-state index contributed by atoms with van der Waals surface area (Å²) < 4.78 is 48.4. The molecular formula is C20H22ClF2N3O3S. The molecule has 0 bridgehead atoms. The molecule has 6 nitrogen and oxygen atoms in total. The van der Waals surface area contributed by atoms with Gasteiger partial charge >= 0.3 is 5.76 Å². The molecule has 1 aliphatic rings. The molecule has 1 heterocycles. The Bertz CT molecular complexity index is 1010. The van der Waals surface area contributed by atoms with Crippen LogP contribution in [0.5, 0.6) is 0 Å². The van der Waals surface area contributed by atoms with Crippen molar-refractivity contribution < 1.29 is 22.0 Å². The largest absolute Gasteiger partial charge is 0.367 e. The summed E-state index contributed by atoms with van der Waals surface area (Å²) in [5, 5.41) is 3.25. The van der Waals surface area contributed by atoms with E-state index in [2.05, 4.69) is 22.0 Å². The first-order valence-electron chi connectivity index (χ1n) is 9.42. The SMILES string of the molecule is CCN1CCN(c2ccc(Cl)cc2NC(=O)c2ccc(S(=O)(=O)C(F)F)cc2)CC1. The molecule has 0 radical (unpaired) electrons. The summed E-state index contributed by atoms with van der Waals surface area (Å²) in [6, 6.07) is 9.65. The Hall–Kier alpha value is -2.23. The number of carbonyl (C=O) groups excluding carboxylic acids is 1. The highest BCUT2D eigenvalue weighted by atomic mass is 35.5. The van der Waals surface area contributed by atoms with Crippen LogP contribution in [0.2, 0.25) is 5.02 Å². The van der Waals surface area contributed by atoms with Crippen molar-refractivity contribution in [1.82, 2.24) is 4.90 Å². The third-order valence-corrected chi connectivity index (χ3v) is 6.68. The first-order valence-corrected chi connectivity index (χ1v) is 11.3. The summed E-state index contributed by atoms with van der Waals surface area (Å²) in [6.07, 6.45) is 0. The Labute approximate surface area is 179 Å². The molecule has 0 spiro atoms. The zero-order valence-corrected chi connectivity index (χ0v) is 17.9. The lowest BCUT2D eigenvalue weighted by molar-refractivity contribution is 0.102. The van der Waals surface area contributed by atoms with Crippen molar-refractivity contribution in [3.8, 4) is 0 Å². The lowest BCUT2D eigenvalue weighted by Crippen LogP contribution is -2.46. The van der Waals surface area contributed by atoms with Gasteiger partial charge in [0.2, 0.25) is 9.84 Å². The zero-order valence-electron chi connectivity index (χ0n) is 16.3. The van der Waals surface area contributed by atoms with Gasteiger partial charge in [0, 0.05) is 36.8 Å². The van der Waals surface area contributed by atoms with Gasteiger partial charge in [0.1, 0.15) is 0 Å². The molecule has 0 saturated carbocycles. The van der Waals surface area contributed by atoms with E-state index >= 15 is 0 Å². The number of hydrogen-bond donors (Lipinski definition) is 1. The number of piperazine rings is 1. The molecule has 0 unspecified atom stereocenters. The fourth-order valence-electron chi connectivity index (χ4n) is 3.28. The highest BCUT2D eigenvalue weighted by Crippen LogP contribution is 2.30. The van der Waals surface area contributed by atoms with E-state index in [0.717, 1.165) is 50.5 Å². The summed E-state index contributed by atoms with van der Waals surface area (Å²) in [5.41, 5.74) is 1.51. The van der Waals surface area contributed by atoms with Crippen LogP contribution in [0.4, 0.5) is 20.2 Å². The third-order valence-electron chi connectivity index (χ3n) is 5.05. The number of amides is 1. The Morgan fingerprint density at radius 2 is 1.73 bits per heavy atom. The summed E-state index contributed by atoms with van der Waals surface area (Å²) in [7, 11) is -4.71. The molecule has 162 valence electrons. The maximum absolute atomic E-state index is 12.7. The third kappa shape index (κ3) is 4.91. The van der Waals surface area contributed by atoms with Gasteiger partial charge in [0.05, 0.1) is 16.3 Å². The Balaban J connectivity index is 1.79. The van der Waals surface area contributed by atoms with E-state index in [1.54, 1.807) is 12.1 Å². The molecule has 1 aliphatic heterocycles. The molecule has 1 fully saturated rings. The van der Waals surface area contributed by atoms with E-state index in [0.29, 0.717) is 10.7 Å². The summed E-state index contributed by atoms with van der Waals surface area (Å²) in [4.78, 5) is 16.6. The molecule has 2 aromatic carbocycles. The van der Waals surface area contributed by atoms with Crippen LogP contribution in [-0.4, -0.2) is 57.7 Å². The fourth-order valence-corrected chi connectivity index (χ4v) is 4.18. The molecule has 30 heavy (non-hydrogen) atoms. The number of carbonyl (C=O) groups is 1. The minimum Gasteiger partial charge on any atom is -0.367 e. The fraction of sp³-hybridized carbons (Fsp3) is 0.350. The van der Waals surface area contributed by atoms with Crippen LogP contribution < -0.4 is 10.2 Å². The highest BCUT2D eigenvalue weighted by molar-refractivity contribution is 7.91. The zero-order chi connectivity index (χ0) is 21.9. The lowest BCUT2D eigenvalue weighted by Gasteiger charge is -2.36. The van der Waals surface area contributed by atoms with E-state index < -0.39 is 26.4 Å². The van der Waals surface area contributed by atoms with Crippen molar-refractivity contribution >= 4 is 38.7 Å². The van der Waals surface area contributed by atoms with Crippen LogP contribution in [0.25, 0.3) is 0 Å². The van der Waals surface area contributed by atoms with Gasteiger partial charge in [-0.25, -0.2) is 8.42 Å². The van der Waals surface area contributed by atoms with Gasteiger partial charge in [-0.15, -0.1) is 0 Å². The monoisotopic (exact) mass is 457 g/mol. The van der Waals surface area contributed by atoms with E-state index in [4.69, 9.17) is 11.6 Å². The van der Waals surface area contributed by atoms with Crippen LogP contribution in [0.1, 0.15) is 17.3 Å². The van der Waals surface area contributed by atoms with Crippen molar-refractivity contribution in [2.24, 2.45) is 0 Å². The number of likely N-dealkylation sites (N-methyl/N-ethyl adjacent to an activating group) is 1. The molecule has 3 rings (SSSR count). The minimum atomic E-state index is -4.71. The Kier molecular flexibility index (Phi) is 6.95. The number of sulfone groups is 1. The van der Waals surface area contributed by atoms with Gasteiger partial charge in [0.25, 0.3) is 5.91 Å². The van der Waals surface area contributed by atoms with Crippen molar-refractivity contribution in [2.45, 2.75) is 17.6 Å². The van der Waals surface area contributed by atoms with Gasteiger partial charge in [-0.1, -0.05) is 18.5 Å². The second kappa shape index (κ2) is 9.28. The van der Waals surface area contributed by atoms with Crippen molar-refractivity contribution in [3.63, 3.8) is 0 Å². The van der Waals surface area contributed by atoms with Crippen molar-refractivity contribution in [3.05, 3.63) is 53.1 Å². The van der Waals surface area contributed by atoms with Crippen LogP contribution >= 0.6 is 11.6 Å². The van der Waals surface area contributed by atoms with Crippen LogP contribution in [0.3, 0.4) is 0 Å². The number of nitrogens with zero attached hydrogens (tertiary/aromatic N) is 2. The summed E-state index contributed by atoms with van der Waals surface area (Å²) in [6.45, 7) is 6.52. The highest BCUT2D eigenvalue weighted by Gasteiger charge is 2.26. The van der Waals surface area contributed by atoms with Crippen molar-refractivity contribution in [2.75, 3.05) is 42.9 Å². The van der Waals surface area contributed by atoms with E-state index in [-0.39, 0.29) is 5.56 Å². The topological polar surface area (TPSA) is 69.7 Å². The quantitative estimate of drug-likeness (QED) is 0.715. The summed E-state index contributed by atoms with van der Waals surface area (Å²) >= 11 is 6.12. The van der Waals surface area contributed by atoms with Crippen LogP contribution in [0.15, 0.2) is 47.4 Å². The molecule has 0 atom stereocenters. The van der Waals surface area contributed by atoms with Gasteiger partial charge in [-0.05, 0) is 49.0 Å². The van der Waals surface area contributed by atoms with Gasteiger partial charge in [-0.2, -0.15) is 8.78 Å². The number of anilines is 2. The maximum Gasteiger partial charge on any atom is 0.341 e. The minimum absolute atomic E-state index is 0.143. The summed E-state index contributed by atoms with van der Waals surface area (Å²) in [5.74, 6) is -4.01. The van der Waals surface area contributed by atoms with Gasteiger partial charge in [0.15, 0.2) is 0 Å². The predicted octanol–water partition coefficient (Wildman–Crippen LogP) is 3.73. The number of alkyl halides is 2. The molecule has 0 aliphatic carbocycles. The number of benzene rings is 2. The predicted molar refractivity (Wildman–Crippen MR) is 113 cm³/mol. The first kappa shape index (κ1) is 22.5. The van der Waals surface area contributed by atoms with E-state index in [1.165, 1.54) is 12.1 Å². The lowest BCUT2D eigenvalue weighted by atomic mass is 10.1. The number of nitrogens with one attached hydrogen (secondary N) is 1. The molecule has 1 N–H and O–H groups in total. The average Bonchev–Trinajstić information content (AvgIpc) is 2.74. The Morgan fingerprint density at radius 1 is 1.10 bits per heavy atom. The normalized spacial score (nSPS) is 15.4. The maximum atomic E-state index is 12.7. The average molecular weight is 458 g/mol. The van der Waals surface area contributed by atoms with Crippen molar-refractivity contribution in [1.29, 1.82) is 0 Å². The molecule has 1 saturated heterocycles. The molecule has 10 heteroatoms. The van der Waals surface area contributed by atoms with Crippen LogP contribution in [-0.2, 0) is 9.84 Å². The standard InChI is InChI=1S/C20H22ClF2N3O3S/c1-2-25-9-11-26(12-10-25)18-8-5-15(21)13-17(18)24-19(27)14-3-6-16(7-4-14)30(28,29)20(22)23/h3-8,13,20H,2,9-12H2,1H3,(H,24,27). The Morgan fingerprint density at radius 3 is 2.30 bits per heavy atom.